The van der Waals surface area contributed by atoms with Crippen LogP contribution in [0.1, 0.15) is 39.2 Å². The molecule has 1 N–H and O–H groups in total. The van der Waals surface area contributed by atoms with Gasteiger partial charge in [0.25, 0.3) is 0 Å². The Labute approximate surface area is 141 Å². The first-order valence-electron chi connectivity index (χ1n) is 8.00. The highest BCUT2D eigenvalue weighted by atomic mass is 32.2. The van der Waals surface area contributed by atoms with Crippen LogP contribution in [0.15, 0.2) is 30.3 Å². The van der Waals surface area contributed by atoms with Crippen LogP contribution < -0.4 is 4.72 Å². The molecule has 0 saturated carbocycles. The largest absolute Gasteiger partial charge is 0.598 e. The Balaban J connectivity index is 1.72. The molecule has 2 rings (SSSR count). The van der Waals surface area contributed by atoms with Crippen molar-refractivity contribution in [1.29, 1.82) is 0 Å². The Morgan fingerprint density at radius 3 is 2.48 bits per heavy atom. The molecule has 1 fully saturated rings. The Kier molecular flexibility index (Phi) is 6.33. The minimum absolute atomic E-state index is 0.188. The van der Waals surface area contributed by atoms with Gasteiger partial charge in [-0.25, -0.2) is 4.79 Å². The van der Waals surface area contributed by atoms with E-state index in [1.165, 1.54) is 0 Å². The second-order valence-electron chi connectivity index (χ2n) is 6.80. The number of hydrogen-bond donors (Lipinski definition) is 1. The van der Waals surface area contributed by atoms with Crippen molar-refractivity contribution in [2.75, 3.05) is 13.1 Å². The molecule has 5 nitrogen and oxygen atoms in total. The van der Waals surface area contributed by atoms with Gasteiger partial charge in [-0.15, -0.1) is 4.72 Å². The van der Waals surface area contributed by atoms with Gasteiger partial charge >= 0.3 is 6.09 Å². The smallest absolute Gasteiger partial charge is 0.410 e. The van der Waals surface area contributed by atoms with Gasteiger partial charge < -0.3 is 14.2 Å². The van der Waals surface area contributed by atoms with Crippen LogP contribution in [0.4, 0.5) is 4.79 Å². The number of likely N-dealkylation sites (tertiary alicyclic amines) is 1. The zero-order valence-electron chi connectivity index (χ0n) is 14.1. The van der Waals surface area contributed by atoms with Crippen LogP contribution in [0.3, 0.4) is 0 Å². The van der Waals surface area contributed by atoms with Crippen LogP contribution >= 0.6 is 0 Å². The summed E-state index contributed by atoms with van der Waals surface area (Å²) in [5.74, 6) is 0. The van der Waals surface area contributed by atoms with Gasteiger partial charge in [0, 0.05) is 24.5 Å². The molecule has 0 radical (unpaired) electrons. The van der Waals surface area contributed by atoms with E-state index in [-0.39, 0.29) is 16.9 Å². The minimum Gasteiger partial charge on any atom is -0.598 e. The quantitative estimate of drug-likeness (QED) is 0.858. The molecule has 1 aliphatic heterocycles. The molecule has 1 aromatic carbocycles. The zero-order valence-corrected chi connectivity index (χ0v) is 14.9. The average molecular weight is 338 g/mol. The summed E-state index contributed by atoms with van der Waals surface area (Å²) in [4.78, 5) is 13.8. The summed E-state index contributed by atoms with van der Waals surface area (Å²) in [6, 6.07) is 9.85. The van der Waals surface area contributed by atoms with Gasteiger partial charge in [-0.3, -0.25) is 0 Å². The average Bonchev–Trinajstić information content (AvgIpc) is 2.53. The number of ether oxygens (including phenoxy) is 1. The molecule has 0 spiro atoms. The number of rotatable bonds is 4. The van der Waals surface area contributed by atoms with Crippen LogP contribution in [0.2, 0.25) is 0 Å². The van der Waals surface area contributed by atoms with E-state index in [0.717, 1.165) is 18.4 Å². The molecule has 128 valence electrons. The van der Waals surface area contributed by atoms with Crippen LogP contribution in [0.25, 0.3) is 0 Å². The monoisotopic (exact) mass is 338 g/mol. The van der Waals surface area contributed by atoms with Crippen molar-refractivity contribution in [3.05, 3.63) is 35.9 Å². The van der Waals surface area contributed by atoms with Crippen molar-refractivity contribution in [1.82, 2.24) is 9.62 Å². The van der Waals surface area contributed by atoms with Gasteiger partial charge in [0.05, 0.1) is 6.04 Å². The molecule has 1 unspecified atom stereocenters. The molecule has 0 aromatic heterocycles. The Morgan fingerprint density at radius 2 is 1.91 bits per heavy atom. The highest BCUT2D eigenvalue weighted by Crippen LogP contribution is 2.18. The van der Waals surface area contributed by atoms with E-state index in [0.29, 0.717) is 19.7 Å². The second kappa shape index (κ2) is 8.04. The van der Waals surface area contributed by atoms with Crippen molar-refractivity contribution >= 4 is 17.5 Å². The third kappa shape index (κ3) is 5.71. The number of carbonyl (C=O) groups is 1. The van der Waals surface area contributed by atoms with Crippen molar-refractivity contribution in [3.63, 3.8) is 0 Å². The molecule has 1 atom stereocenters. The fraction of sp³-hybridized carbons (Fsp3) is 0.588. The molecule has 6 heteroatoms. The molecule has 0 bridgehead atoms. The van der Waals surface area contributed by atoms with Crippen LogP contribution in [-0.2, 0) is 22.7 Å². The van der Waals surface area contributed by atoms with E-state index in [2.05, 4.69) is 4.72 Å². The number of carbonyl (C=O) groups excluding carboxylic acids is 1. The van der Waals surface area contributed by atoms with E-state index in [4.69, 9.17) is 4.74 Å². The van der Waals surface area contributed by atoms with Crippen LogP contribution in [0, 0.1) is 0 Å². The van der Waals surface area contributed by atoms with E-state index in [1.54, 1.807) is 4.90 Å². The molecule has 1 amide bonds. The van der Waals surface area contributed by atoms with Gasteiger partial charge in [-0.2, -0.15) is 0 Å². The molecule has 1 heterocycles. The third-order valence-electron chi connectivity index (χ3n) is 3.79. The minimum atomic E-state index is -1.07. The maximum Gasteiger partial charge on any atom is 0.410 e. The van der Waals surface area contributed by atoms with Gasteiger partial charge in [-0.1, -0.05) is 30.3 Å². The molecule has 23 heavy (non-hydrogen) atoms. The first kappa shape index (κ1) is 18.1. The summed E-state index contributed by atoms with van der Waals surface area (Å²) in [5, 5.41) is 0. The number of piperidine rings is 1. The third-order valence-corrected chi connectivity index (χ3v) is 5.45. The maximum absolute atomic E-state index is 12.1. The second-order valence-corrected chi connectivity index (χ2v) is 8.80. The summed E-state index contributed by atoms with van der Waals surface area (Å²) >= 11 is -1.07. The first-order chi connectivity index (χ1) is 10.9. The van der Waals surface area contributed by atoms with Crippen molar-refractivity contribution in [3.8, 4) is 0 Å². The Hall–Kier alpha value is -1.24. The topological polar surface area (TPSA) is 64.6 Å². The summed E-state index contributed by atoms with van der Waals surface area (Å²) in [7, 11) is 0. The fourth-order valence-electron chi connectivity index (χ4n) is 2.32. The predicted octanol–water partition coefficient (Wildman–Crippen LogP) is 2.84. The normalized spacial score (nSPS) is 17.8. The Bertz CT molecular complexity index is 496. The molecule has 1 aliphatic rings. The summed E-state index contributed by atoms with van der Waals surface area (Å²) in [6.07, 6.45) is 1.31. The molecular weight excluding hydrogens is 312 g/mol. The highest BCUT2D eigenvalue weighted by Gasteiger charge is 2.31. The number of amides is 1. The number of hydrogen-bond acceptors (Lipinski definition) is 4. The molecular formula is C17H26N2O3S. The van der Waals surface area contributed by atoms with Gasteiger partial charge in [-0.05, 0) is 39.2 Å². The van der Waals surface area contributed by atoms with Crippen molar-refractivity contribution < 1.29 is 14.1 Å². The fourth-order valence-corrected chi connectivity index (χ4v) is 3.21. The van der Waals surface area contributed by atoms with E-state index >= 15 is 0 Å². The van der Waals surface area contributed by atoms with Crippen LogP contribution in [0.5, 0.6) is 0 Å². The predicted molar refractivity (Wildman–Crippen MR) is 92.3 cm³/mol. The lowest BCUT2D eigenvalue weighted by Gasteiger charge is -2.33. The summed E-state index contributed by atoms with van der Waals surface area (Å²) in [6.45, 7) is 7.41. The zero-order chi connectivity index (χ0) is 16.9. The lowest BCUT2D eigenvalue weighted by Crippen LogP contribution is -2.50. The van der Waals surface area contributed by atoms with Crippen molar-refractivity contribution in [2.45, 2.75) is 51.0 Å². The maximum atomic E-state index is 12.1. The molecule has 0 aliphatic carbocycles. The van der Waals surface area contributed by atoms with Gasteiger partial charge in [0.2, 0.25) is 0 Å². The van der Waals surface area contributed by atoms with E-state index in [9.17, 15) is 9.35 Å². The van der Waals surface area contributed by atoms with Gasteiger partial charge in [0.15, 0.2) is 0 Å². The lowest BCUT2D eigenvalue weighted by atomic mass is 10.1. The van der Waals surface area contributed by atoms with Crippen LogP contribution in [-0.4, -0.2) is 39.4 Å². The Morgan fingerprint density at radius 1 is 1.30 bits per heavy atom. The number of benzene rings is 1. The SMILES string of the molecule is CC(C)(C)[S+]([O-])NC1CCN(C(=O)OCc2ccccc2)CC1. The molecule has 1 aromatic rings. The number of nitrogens with one attached hydrogen (secondary N) is 1. The van der Waals surface area contributed by atoms with E-state index in [1.807, 2.05) is 51.1 Å². The molecule has 1 saturated heterocycles. The van der Waals surface area contributed by atoms with E-state index < -0.39 is 11.4 Å². The summed E-state index contributed by atoms with van der Waals surface area (Å²) < 4.78 is 20.3. The van der Waals surface area contributed by atoms with Crippen molar-refractivity contribution in [2.24, 2.45) is 0 Å². The van der Waals surface area contributed by atoms with Gasteiger partial charge in [0.1, 0.15) is 11.4 Å². The highest BCUT2D eigenvalue weighted by molar-refractivity contribution is 7.90. The first-order valence-corrected chi connectivity index (χ1v) is 9.15. The lowest BCUT2D eigenvalue weighted by molar-refractivity contribution is 0.0865. The number of nitrogens with zero attached hydrogens (tertiary/aromatic N) is 1. The summed E-state index contributed by atoms with van der Waals surface area (Å²) in [5.41, 5.74) is 0.984. The standard InChI is InChI=1S/C17H26N2O3S/c1-17(2,3)23(21)18-15-9-11-19(12-10-15)16(20)22-13-14-7-5-4-6-8-14/h4-8,15,18H,9-13H2,1-3H3.